The third-order valence-electron chi connectivity index (χ3n) is 1.14. The molecular formula is C4H8ClN3O2. The van der Waals surface area contributed by atoms with Gasteiger partial charge in [-0.3, -0.25) is 0 Å². The number of carbonyl (C=O) groups is 1. The van der Waals surface area contributed by atoms with E-state index < -0.39 is 5.97 Å². The molecule has 0 saturated carbocycles. The highest BCUT2D eigenvalue weighted by atomic mass is 35.5. The summed E-state index contributed by atoms with van der Waals surface area (Å²) < 4.78 is 0. The van der Waals surface area contributed by atoms with Gasteiger partial charge in [-0.15, -0.1) is 10.2 Å². The van der Waals surface area contributed by atoms with Crippen LogP contribution >= 0.6 is 0 Å². The number of hydrazine groups is 2. The van der Waals surface area contributed by atoms with E-state index in [9.17, 15) is 4.79 Å². The van der Waals surface area contributed by atoms with Crippen LogP contribution in [-0.2, 0) is 4.79 Å². The number of halogens is 1. The van der Waals surface area contributed by atoms with Crippen molar-refractivity contribution >= 4 is 11.7 Å². The third kappa shape index (κ3) is 1.85. The minimum absolute atomic E-state index is 0. The Labute approximate surface area is 63.9 Å². The number of rotatable bonds is 1. The van der Waals surface area contributed by atoms with E-state index in [0.29, 0.717) is 13.0 Å². The van der Waals surface area contributed by atoms with Crippen molar-refractivity contribution in [2.45, 2.75) is 6.42 Å². The highest BCUT2D eigenvalue weighted by Gasteiger charge is 2.24. The summed E-state index contributed by atoms with van der Waals surface area (Å²) >= 11 is 0. The van der Waals surface area contributed by atoms with Gasteiger partial charge in [-0.25, -0.2) is 4.79 Å². The summed E-state index contributed by atoms with van der Waals surface area (Å²) in [5, 5.41) is 12.1. The molecule has 1 aliphatic heterocycles. The number of aliphatic carboxylic acids is 1. The number of hydrogen-bond acceptors (Lipinski definition) is 3. The van der Waals surface area contributed by atoms with Crippen molar-refractivity contribution < 1.29 is 27.4 Å². The second-order valence-electron chi connectivity index (χ2n) is 1.84. The van der Waals surface area contributed by atoms with Crippen LogP contribution in [0.15, 0.2) is 0 Å². The number of nitrogens with zero attached hydrogens (tertiary/aromatic N) is 1. The summed E-state index contributed by atoms with van der Waals surface area (Å²) in [7, 11) is 0. The number of carboxylic acids is 1. The quantitative estimate of drug-likeness (QED) is 0.338. The zero-order chi connectivity index (χ0) is 6.85. The fourth-order valence-corrected chi connectivity index (χ4v) is 0.672. The number of hydrogen-bond donors (Lipinski definition) is 3. The van der Waals surface area contributed by atoms with Gasteiger partial charge in [-0.05, 0) is 0 Å². The average Bonchev–Trinajstić information content (AvgIpc) is 2.14. The summed E-state index contributed by atoms with van der Waals surface area (Å²) in [6, 6.07) is 0. The number of nitrogens with one attached hydrogen (secondary N) is 1. The molecule has 0 bridgehead atoms. The fourth-order valence-electron chi connectivity index (χ4n) is 0.672. The fraction of sp³-hybridized carbons (Fsp3) is 0.500. The molecule has 0 aromatic rings. The Bertz CT molecular complexity index is 170. The van der Waals surface area contributed by atoms with Crippen molar-refractivity contribution in [3.8, 4) is 0 Å². The third-order valence-corrected chi connectivity index (χ3v) is 1.14. The van der Waals surface area contributed by atoms with E-state index in [4.69, 9.17) is 10.9 Å². The predicted molar refractivity (Wildman–Crippen MR) is 29.1 cm³/mol. The van der Waals surface area contributed by atoms with Crippen LogP contribution in [0.3, 0.4) is 0 Å². The van der Waals surface area contributed by atoms with Gasteiger partial charge in [0.05, 0.1) is 6.42 Å². The average molecular weight is 166 g/mol. The first-order chi connectivity index (χ1) is 4.20. The van der Waals surface area contributed by atoms with Gasteiger partial charge in [0.2, 0.25) is 0 Å². The predicted octanol–water partition coefficient (Wildman–Crippen LogP) is -5.91. The summed E-state index contributed by atoms with van der Waals surface area (Å²) in [5.74, 6) is 4.27. The minimum Gasteiger partial charge on any atom is -1.00 e. The van der Waals surface area contributed by atoms with Gasteiger partial charge in [-0.2, -0.15) is 5.84 Å². The first kappa shape index (κ1) is 9.19. The molecule has 0 unspecified atom stereocenters. The molecule has 6 heteroatoms. The van der Waals surface area contributed by atoms with Crippen LogP contribution in [0.1, 0.15) is 6.42 Å². The second kappa shape index (κ2) is 3.38. The highest BCUT2D eigenvalue weighted by Crippen LogP contribution is 1.84. The van der Waals surface area contributed by atoms with Gasteiger partial charge >= 0.3 is 5.97 Å². The van der Waals surface area contributed by atoms with Crippen LogP contribution in [0.5, 0.6) is 0 Å². The van der Waals surface area contributed by atoms with E-state index in [1.54, 1.807) is 0 Å². The van der Waals surface area contributed by atoms with Gasteiger partial charge in [0.25, 0.3) is 5.71 Å². The smallest absolute Gasteiger partial charge is 0.398 e. The molecule has 0 aromatic carbocycles. The maximum Gasteiger partial charge on any atom is 0.398 e. The van der Waals surface area contributed by atoms with E-state index in [-0.39, 0.29) is 18.1 Å². The highest BCUT2D eigenvalue weighted by molar-refractivity contribution is 6.33. The Morgan fingerprint density at radius 2 is 2.40 bits per heavy atom. The molecule has 10 heavy (non-hydrogen) atoms. The first-order valence-corrected chi connectivity index (χ1v) is 2.58. The van der Waals surface area contributed by atoms with E-state index in [0.717, 1.165) is 0 Å². The van der Waals surface area contributed by atoms with E-state index >= 15 is 0 Å². The molecule has 0 fully saturated rings. The molecule has 58 valence electrons. The van der Waals surface area contributed by atoms with E-state index in [2.05, 4.69) is 5.10 Å². The zero-order valence-electron chi connectivity index (χ0n) is 5.17. The standard InChI is InChI=1S/C4H7N3O2.ClH/c5-7-2-1-3(6-7)4(8)9;/h1-2,5H2,(H,8,9);1H. The van der Waals surface area contributed by atoms with Crippen molar-refractivity contribution in [1.29, 1.82) is 0 Å². The summed E-state index contributed by atoms with van der Waals surface area (Å²) in [6.45, 7) is 0.557. The Balaban J connectivity index is 0.000000810. The maximum atomic E-state index is 10.2. The van der Waals surface area contributed by atoms with Crippen molar-refractivity contribution in [3.05, 3.63) is 0 Å². The SMILES string of the molecule is NN1CCC(C(=O)O)=[NH+]1.[Cl-]. The Hall–Kier alpha value is -0.810. The van der Waals surface area contributed by atoms with Crippen LogP contribution in [0.25, 0.3) is 0 Å². The Morgan fingerprint density at radius 3 is 2.60 bits per heavy atom. The normalized spacial score (nSPS) is 16.1. The summed E-state index contributed by atoms with van der Waals surface area (Å²) in [5.41, 5.74) is 0.262. The van der Waals surface area contributed by atoms with Crippen LogP contribution in [0.4, 0.5) is 0 Å². The number of carboxylic acid groups (broad SMARTS) is 1. The molecule has 0 aromatic heterocycles. The molecule has 0 amide bonds. The van der Waals surface area contributed by atoms with Gasteiger partial charge < -0.3 is 17.5 Å². The maximum absolute atomic E-state index is 10.2. The lowest BCUT2D eigenvalue weighted by Crippen LogP contribution is -3.00. The van der Waals surface area contributed by atoms with Crippen molar-refractivity contribution in [2.24, 2.45) is 5.84 Å². The van der Waals surface area contributed by atoms with Crippen molar-refractivity contribution in [2.75, 3.05) is 6.54 Å². The molecular weight excluding hydrogens is 158 g/mol. The molecule has 0 radical (unpaired) electrons. The lowest BCUT2D eigenvalue weighted by Gasteiger charge is -1.92. The Kier molecular flexibility index (Phi) is 3.11. The van der Waals surface area contributed by atoms with Gasteiger partial charge in [-0.1, -0.05) is 0 Å². The zero-order valence-corrected chi connectivity index (χ0v) is 5.93. The van der Waals surface area contributed by atoms with E-state index in [1.165, 1.54) is 5.12 Å². The van der Waals surface area contributed by atoms with Crippen LogP contribution < -0.4 is 23.4 Å². The van der Waals surface area contributed by atoms with Crippen molar-refractivity contribution in [3.63, 3.8) is 0 Å². The molecule has 4 N–H and O–H groups in total. The number of nitrogens with two attached hydrogens (primary N) is 1. The lowest BCUT2D eigenvalue weighted by atomic mass is 10.3. The Morgan fingerprint density at radius 1 is 1.80 bits per heavy atom. The molecule has 1 aliphatic rings. The summed E-state index contributed by atoms with van der Waals surface area (Å²) in [4.78, 5) is 10.2. The molecule has 1 rings (SSSR count). The molecule has 0 atom stereocenters. The van der Waals surface area contributed by atoms with Crippen LogP contribution in [0, 0.1) is 0 Å². The molecule has 0 saturated heterocycles. The van der Waals surface area contributed by atoms with Crippen LogP contribution in [0.2, 0.25) is 0 Å². The van der Waals surface area contributed by atoms with Crippen molar-refractivity contribution in [1.82, 2.24) is 5.12 Å². The van der Waals surface area contributed by atoms with Gasteiger partial charge in [0, 0.05) is 0 Å². The molecule has 5 nitrogen and oxygen atoms in total. The summed E-state index contributed by atoms with van der Waals surface area (Å²) in [6.07, 6.45) is 0.492. The molecule has 1 heterocycles. The minimum atomic E-state index is -0.928. The van der Waals surface area contributed by atoms with Gasteiger partial charge in [0.1, 0.15) is 6.54 Å². The number of hydrazone groups is 1. The molecule has 0 spiro atoms. The lowest BCUT2D eigenvalue weighted by molar-refractivity contribution is -0.637. The second-order valence-corrected chi connectivity index (χ2v) is 1.84. The van der Waals surface area contributed by atoms with Gasteiger partial charge in [0.15, 0.2) is 0 Å². The topological polar surface area (TPSA) is 80.5 Å². The van der Waals surface area contributed by atoms with E-state index in [1.807, 2.05) is 0 Å². The monoisotopic (exact) mass is 165 g/mol. The first-order valence-electron chi connectivity index (χ1n) is 2.58. The van der Waals surface area contributed by atoms with Crippen LogP contribution in [-0.4, -0.2) is 28.5 Å². The largest absolute Gasteiger partial charge is 1.00 e. The molecule has 0 aliphatic carbocycles.